The van der Waals surface area contributed by atoms with Gasteiger partial charge >= 0.3 is 0 Å². The molecule has 1 atom stereocenters. The zero-order valence-electron chi connectivity index (χ0n) is 10.3. The van der Waals surface area contributed by atoms with Gasteiger partial charge in [-0.15, -0.1) is 0 Å². The highest BCUT2D eigenvalue weighted by molar-refractivity contribution is 4.76. The molecule has 15 heavy (non-hydrogen) atoms. The average molecular weight is 214 g/mol. The van der Waals surface area contributed by atoms with Gasteiger partial charge in [0.15, 0.2) is 0 Å². The predicted molar refractivity (Wildman–Crippen MR) is 64.2 cm³/mol. The van der Waals surface area contributed by atoms with E-state index in [1.807, 2.05) is 0 Å². The van der Waals surface area contributed by atoms with E-state index in [0.717, 1.165) is 19.8 Å². The minimum Gasteiger partial charge on any atom is -0.380 e. The fraction of sp³-hybridized carbons (Fsp3) is 1.00. The summed E-state index contributed by atoms with van der Waals surface area (Å²) in [6.45, 7) is 7.56. The van der Waals surface area contributed by atoms with Crippen LogP contribution in [-0.4, -0.2) is 50.8 Å². The standard InChI is InChI=1S/C12H26N2O/c1-3-4-9-15-10-8-14-7-5-6-12(11-14)13-2/h12-13H,3-11H2,1-2H3. The SMILES string of the molecule is CCCCOCCN1CCCC(NC)C1. The highest BCUT2D eigenvalue weighted by Crippen LogP contribution is 2.08. The molecule has 0 radical (unpaired) electrons. The highest BCUT2D eigenvalue weighted by atomic mass is 16.5. The fourth-order valence-corrected chi connectivity index (χ4v) is 2.04. The maximum absolute atomic E-state index is 5.58. The number of ether oxygens (including phenoxy) is 1. The third-order valence-corrected chi connectivity index (χ3v) is 3.11. The maximum atomic E-state index is 5.58. The van der Waals surface area contributed by atoms with E-state index in [1.54, 1.807) is 0 Å². The number of nitrogens with zero attached hydrogens (tertiary/aromatic N) is 1. The first kappa shape index (κ1) is 12.9. The van der Waals surface area contributed by atoms with Crippen LogP contribution in [0.5, 0.6) is 0 Å². The molecule has 0 spiro atoms. The summed E-state index contributed by atoms with van der Waals surface area (Å²) >= 11 is 0. The van der Waals surface area contributed by atoms with Gasteiger partial charge in [-0.1, -0.05) is 13.3 Å². The highest BCUT2D eigenvalue weighted by Gasteiger charge is 2.17. The summed E-state index contributed by atoms with van der Waals surface area (Å²) in [5.41, 5.74) is 0. The summed E-state index contributed by atoms with van der Waals surface area (Å²) in [6.07, 6.45) is 5.06. The lowest BCUT2D eigenvalue weighted by atomic mass is 10.1. The normalized spacial score (nSPS) is 23.2. The van der Waals surface area contributed by atoms with Crippen molar-refractivity contribution in [2.45, 2.75) is 38.6 Å². The van der Waals surface area contributed by atoms with Crippen LogP contribution < -0.4 is 5.32 Å². The van der Waals surface area contributed by atoms with Crippen LogP contribution in [-0.2, 0) is 4.74 Å². The summed E-state index contributed by atoms with van der Waals surface area (Å²) in [5, 5.41) is 3.36. The molecule has 1 rings (SSSR count). The van der Waals surface area contributed by atoms with Crippen LogP contribution in [0.15, 0.2) is 0 Å². The van der Waals surface area contributed by atoms with Gasteiger partial charge in [-0.2, -0.15) is 0 Å². The molecule has 0 aromatic rings. The molecule has 0 aromatic carbocycles. The zero-order chi connectivity index (χ0) is 10.9. The molecule has 1 aliphatic rings. The Hall–Kier alpha value is -0.120. The van der Waals surface area contributed by atoms with Crippen LogP contribution in [0.1, 0.15) is 32.6 Å². The lowest BCUT2D eigenvalue weighted by Gasteiger charge is -2.32. The minimum atomic E-state index is 0.689. The molecule has 3 heteroatoms. The van der Waals surface area contributed by atoms with Crippen LogP contribution in [0.4, 0.5) is 0 Å². The molecule has 0 amide bonds. The predicted octanol–water partition coefficient (Wildman–Crippen LogP) is 1.49. The third kappa shape index (κ3) is 5.50. The Balaban J connectivity index is 2.00. The monoisotopic (exact) mass is 214 g/mol. The van der Waals surface area contributed by atoms with E-state index in [9.17, 15) is 0 Å². The Labute approximate surface area is 94.2 Å². The molecular weight excluding hydrogens is 188 g/mol. The first-order valence-corrected chi connectivity index (χ1v) is 6.34. The van der Waals surface area contributed by atoms with Crippen molar-refractivity contribution < 1.29 is 4.74 Å². The van der Waals surface area contributed by atoms with Gasteiger partial charge in [-0.05, 0) is 32.9 Å². The molecule has 0 saturated carbocycles. The van der Waals surface area contributed by atoms with Crippen LogP contribution >= 0.6 is 0 Å². The van der Waals surface area contributed by atoms with Crippen molar-refractivity contribution in [3.05, 3.63) is 0 Å². The smallest absolute Gasteiger partial charge is 0.0593 e. The number of nitrogens with one attached hydrogen (secondary N) is 1. The quantitative estimate of drug-likeness (QED) is 0.650. The maximum Gasteiger partial charge on any atom is 0.0593 e. The van der Waals surface area contributed by atoms with Gasteiger partial charge in [-0.3, -0.25) is 4.90 Å². The van der Waals surface area contributed by atoms with Gasteiger partial charge in [0.1, 0.15) is 0 Å². The van der Waals surface area contributed by atoms with E-state index in [2.05, 4.69) is 24.2 Å². The number of piperidine rings is 1. The molecule has 0 bridgehead atoms. The molecule has 1 heterocycles. The number of hydrogen-bond donors (Lipinski definition) is 1. The number of rotatable bonds is 7. The zero-order valence-corrected chi connectivity index (χ0v) is 10.3. The minimum absolute atomic E-state index is 0.689. The van der Waals surface area contributed by atoms with E-state index in [4.69, 9.17) is 4.74 Å². The summed E-state index contributed by atoms with van der Waals surface area (Å²) < 4.78 is 5.58. The van der Waals surface area contributed by atoms with Crippen molar-refractivity contribution in [2.24, 2.45) is 0 Å². The summed E-state index contributed by atoms with van der Waals surface area (Å²) in [7, 11) is 2.06. The van der Waals surface area contributed by atoms with Gasteiger partial charge in [0.25, 0.3) is 0 Å². The Bertz CT molecular complexity index is 153. The number of likely N-dealkylation sites (tertiary alicyclic amines) is 1. The van der Waals surface area contributed by atoms with Crippen molar-refractivity contribution in [1.29, 1.82) is 0 Å². The van der Waals surface area contributed by atoms with Gasteiger partial charge in [0.05, 0.1) is 6.61 Å². The van der Waals surface area contributed by atoms with Crippen LogP contribution in [0, 0.1) is 0 Å². The van der Waals surface area contributed by atoms with Crippen LogP contribution in [0.2, 0.25) is 0 Å². The Morgan fingerprint density at radius 2 is 2.27 bits per heavy atom. The second-order valence-corrected chi connectivity index (χ2v) is 4.39. The number of hydrogen-bond acceptors (Lipinski definition) is 3. The van der Waals surface area contributed by atoms with Gasteiger partial charge in [0, 0.05) is 25.7 Å². The van der Waals surface area contributed by atoms with Crippen molar-refractivity contribution >= 4 is 0 Å². The topological polar surface area (TPSA) is 24.5 Å². The van der Waals surface area contributed by atoms with Crippen molar-refractivity contribution in [3.63, 3.8) is 0 Å². The molecule has 3 nitrogen and oxygen atoms in total. The Morgan fingerprint density at radius 1 is 1.40 bits per heavy atom. The first-order valence-electron chi connectivity index (χ1n) is 6.34. The Kier molecular flexibility index (Phi) is 6.98. The number of likely N-dealkylation sites (N-methyl/N-ethyl adjacent to an activating group) is 1. The summed E-state index contributed by atoms with van der Waals surface area (Å²) in [5.74, 6) is 0. The molecule has 1 unspecified atom stereocenters. The van der Waals surface area contributed by atoms with Gasteiger partial charge in [0.2, 0.25) is 0 Å². The molecule has 90 valence electrons. The fourth-order valence-electron chi connectivity index (χ4n) is 2.04. The van der Waals surface area contributed by atoms with E-state index in [-0.39, 0.29) is 0 Å². The lowest BCUT2D eigenvalue weighted by molar-refractivity contribution is 0.0889. The van der Waals surface area contributed by atoms with Gasteiger partial charge in [-0.25, -0.2) is 0 Å². The summed E-state index contributed by atoms with van der Waals surface area (Å²) in [4.78, 5) is 2.51. The van der Waals surface area contributed by atoms with Crippen LogP contribution in [0.25, 0.3) is 0 Å². The van der Waals surface area contributed by atoms with Crippen molar-refractivity contribution in [1.82, 2.24) is 10.2 Å². The Morgan fingerprint density at radius 3 is 3.00 bits per heavy atom. The molecule has 0 aliphatic carbocycles. The third-order valence-electron chi connectivity index (χ3n) is 3.11. The number of unbranched alkanes of at least 4 members (excludes halogenated alkanes) is 1. The largest absolute Gasteiger partial charge is 0.380 e. The van der Waals surface area contributed by atoms with E-state index < -0.39 is 0 Å². The van der Waals surface area contributed by atoms with Crippen molar-refractivity contribution in [3.8, 4) is 0 Å². The van der Waals surface area contributed by atoms with E-state index >= 15 is 0 Å². The summed E-state index contributed by atoms with van der Waals surface area (Å²) in [6, 6.07) is 0.689. The van der Waals surface area contributed by atoms with E-state index in [0.29, 0.717) is 6.04 Å². The molecule has 1 fully saturated rings. The molecular formula is C12H26N2O. The molecule has 1 aliphatic heterocycles. The first-order chi connectivity index (χ1) is 7.36. The van der Waals surface area contributed by atoms with Crippen LogP contribution in [0.3, 0.4) is 0 Å². The molecule has 0 aromatic heterocycles. The molecule has 1 saturated heterocycles. The van der Waals surface area contributed by atoms with E-state index in [1.165, 1.54) is 38.8 Å². The average Bonchev–Trinajstić information content (AvgIpc) is 2.29. The molecule has 1 N–H and O–H groups in total. The van der Waals surface area contributed by atoms with Crippen molar-refractivity contribution in [2.75, 3.05) is 39.9 Å². The second-order valence-electron chi connectivity index (χ2n) is 4.39. The lowest BCUT2D eigenvalue weighted by Crippen LogP contribution is -2.45. The van der Waals surface area contributed by atoms with Gasteiger partial charge < -0.3 is 10.1 Å². The second kappa shape index (κ2) is 8.08.